The van der Waals surface area contributed by atoms with E-state index in [0.717, 1.165) is 5.70 Å². The number of allylic oxidation sites excluding steroid dienone is 2. The van der Waals surface area contributed by atoms with Crippen molar-refractivity contribution in [2.45, 2.75) is 32.7 Å². The standard InChI is InChI=1S/C22H25N3O6/c1-22(2)8-13-17(14(26)9-22)18(11-6-15(29-3)19(27)16(7-11)30-4)25-20(24-13)12(10-23-25)21(28)31-5/h6-7,10,18,24,27H,8-9H2,1-5H3/t18-/m1/s1. The van der Waals surface area contributed by atoms with E-state index < -0.39 is 12.0 Å². The second kappa shape index (κ2) is 7.33. The van der Waals surface area contributed by atoms with E-state index in [4.69, 9.17) is 14.2 Å². The fourth-order valence-electron chi connectivity index (χ4n) is 4.35. The fourth-order valence-corrected chi connectivity index (χ4v) is 4.35. The van der Waals surface area contributed by atoms with Crippen molar-refractivity contribution in [2.24, 2.45) is 5.41 Å². The van der Waals surface area contributed by atoms with Gasteiger partial charge in [-0.3, -0.25) is 4.79 Å². The van der Waals surface area contributed by atoms with E-state index in [0.29, 0.717) is 29.8 Å². The number of anilines is 1. The first-order chi connectivity index (χ1) is 14.7. The van der Waals surface area contributed by atoms with Crippen molar-refractivity contribution >= 4 is 17.6 Å². The molecule has 2 aliphatic rings. The lowest BCUT2D eigenvalue weighted by atomic mass is 9.73. The Bertz CT molecular complexity index is 1090. The van der Waals surface area contributed by atoms with Crippen molar-refractivity contribution in [1.29, 1.82) is 0 Å². The molecule has 9 nitrogen and oxygen atoms in total. The lowest BCUT2D eigenvalue weighted by molar-refractivity contribution is -0.118. The summed E-state index contributed by atoms with van der Waals surface area (Å²) in [5.41, 5.74) is 1.99. The zero-order valence-electron chi connectivity index (χ0n) is 18.1. The van der Waals surface area contributed by atoms with Crippen LogP contribution in [0.1, 0.15) is 48.7 Å². The normalized spacial score (nSPS) is 19.3. The van der Waals surface area contributed by atoms with Gasteiger partial charge in [0.05, 0.1) is 27.5 Å². The number of ether oxygens (including phenoxy) is 3. The van der Waals surface area contributed by atoms with Gasteiger partial charge in [0.1, 0.15) is 17.4 Å². The molecule has 0 unspecified atom stereocenters. The summed E-state index contributed by atoms with van der Waals surface area (Å²) in [7, 11) is 4.18. The Labute approximate surface area is 179 Å². The smallest absolute Gasteiger partial charge is 0.343 e. The monoisotopic (exact) mass is 427 g/mol. The molecule has 4 rings (SSSR count). The number of carbonyl (C=O) groups excluding carboxylic acids is 2. The van der Waals surface area contributed by atoms with E-state index >= 15 is 0 Å². The number of hydrogen-bond acceptors (Lipinski definition) is 8. The van der Waals surface area contributed by atoms with Crippen LogP contribution in [0.2, 0.25) is 0 Å². The summed E-state index contributed by atoms with van der Waals surface area (Å²) in [5.74, 6) is 0.200. The van der Waals surface area contributed by atoms with Gasteiger partial charge in [-0.1, -0.05) is 13.8 Å². The summed E-state index contributed by atoms with van der Waals surface area (Å²) in [6.45, 7) is 4.07. The molecule has 1 aromatic heterocycles. The number of phenols is 1. The topological polar surface area (TPSA) is 112 Å². The predicted octanol–water partition coefficient (Wildman–Crippen LogP) is 3.05. The van der Waals surface area contributed by atoms with Crippen molar-refractivity contribution in [3.63, 3.8) is 0 Å². The molecule has 9 heteroatoms. The van der Waals surface area contributed by atoms with Crippen LogP contribution in [0.5, 0.6) is 17.2 Å². The minimum atomic E-state index is -0.628. The molecule has 0 saturated carbocycles. The third kappa shape index (κ3) is 3.30. The maximum Gasteiger partial charge on any atom is 0.343 e. The Morgan fingerprint density at radius 3 is 2.42 bits per heavy atom. The molecular formula is C22H25N3O6. The van der Waals surface area contributed by atoms with Gasteiger partial charge < -0.3 is 24.6 Å². The van der Waals surface area contributed by atoms with Crippen molar-refractivity contribution < 1.29 is 28.9 Å². The van der Waals surface area contributed by atoms with Crippen LogP contribution in [-0.2, 0) is 9.53 Å². The largest absolute Gasteiger partial charge is 0.502 e. The molecule has 2 heterocycles. The van der Waals surface area contributed by atoms with Gasteiger partial charge in [0.15, 0.2) is 17.3 Å². The first-order valence-electron chi connectivity index (χ1n) is 9.84. The number of esters is 1. The third-order valence-corrected chi connectivity index (χ3v) is 5.73. The zero-order chi connectivity index (χ0) is 22.5. The summed E-state index contributed by atoms with van der Waals surface area (Å²) < 4.78 is 17.1. The number of hydrogen-bond donors (Lipinski definition) is 2. The van der Waals surface area contributed by atoms with Crippen LogP contribution in [0.3, 0.4) is 0 Å². The third-order valence-electron chi connectivity index (χ3n) is 5.73. The number of rotatable bonds is 4. The van der Waals surface area contributed by atoms with E-state index in [-0.39, 0.29) is 34.0 Å². The van der Waals surface area contributed by atoms with Gasteiger partial charge in [-0.15, -0.1) is 0 Å². The van der Waals surface area contributed by atoms with Gasteiger partial charge in [0.2, 0.25) is 5.75 Å². The maximum absolute atomic E-state index is 13.3. The number of fused-ring (bicyclic) bond motifs is 1. The van der Waals surface area contributed by atoms with E-state index in [2.05, 4.69) is 10.4 Å². The van der Waals surface area contributed by atoms with Crippen LogP contribution < -0.4 is 14.8 Å². The van der Waals surface area contributed by atoms with Crippen molar-refractivity contribution in [1.82, 2.24) is 9.78 Å². The first kappa shape index (κ1) is 20.8. The number of aromatic hydroxyl groups is 1. The van der Waals surface area contributed by atoms with Gasteiger partial charge >= 0.3 is 5.97 Å². The summed E-state index contributed by atoms with van der Waals surface area (Å²) in [6.07, 6.45) is 2.43. The minimum Gasteiger partial charge on any atom is -0.502 e. The molecule has 1 aliphatic carbocycles. The fraction of sp³-hybridized carbons (Fsp3) is 0.409. The highest BCUT2D eigenvalue weighted by molar-refractivity contribution is 6.01. The van der Waals surface area contributed by atoms with Crippen LogP contribution in [-0.4, -0.2) is 48.0 Å². The lowest BCUT2D eigenvalue weighted by Crippen LogP contribution is -2.36. The SMILES string of the molecule is COC(=O)c1cnn2c1NC1=C(C(=O)CC(C)(C)C1)[C@H]2c1cc(OC)c(O)c(OC)c1. The quantitative estimate of drug-likeness (QED) is 0.716. The van der Waals surface area contributed by atoms with E-state index in [1.807, 2.05) is 13.8 Å². The predicted molar refractivity (Wildman–Crippen MR) is 112 cm³/mol. The molecule has 0 radical (unpaired) electrons. The van der Waals surface area contributed by atoms with E-state index in [1.165, 1.54) is 27.5 Å². The molecule has 0 saturated heterocycles. The minimum absolute atomic E-state index is 0.00414. The molecular weight excluding hydrogens is 402 g/mol. The number of aromatic nitrogens is 2. The van der Waals surface area contributed by atoms with Crippen LogP contribution in [0.4, 0.5) is 5.82 Å². The van der Waals surface area contributed by atoms with Gasteiger partial charge in [0.25, 0.3) is 0 Å². The van der Waals surface area contributed by atoms with Crippen molar-refractivity contribution in [3.05, 3.63) is 40.7 Å². The van der Waals surface area contributed by atoms with Crippen LogP contribution in [0, 0.1) is 5.41 Å². The number of ketones is 1. The number of carbonyl (C=O) groups is 2. The molecule has 0 fully saturated rings. The van der Waals surface area contributed by atoms with Crippen LogP contribution in [0.25, 0.3) is 0 Å². The van der Waals surface area contributed by atoms with Gasteiger partial charge in [-0.2, -0.15) is 5.10 Å². The molecule has 164 valence electrons. The molecule has 0 spiro atoms. The molecule has 1 atom stereocenters. The highest BCUT2D eigenvalue weighted by atomic mass is 16.5. The molecule has 1 aliphatic heterocycles. The maximum atomic E-state index is 13.3. The number of Topliss-reactive ketones (excluding diaryl/α,β-unsaturated/α-hetero) is 1. The number of phenolic OH excluding ortho intramolecular Hbond substituents is 1. The Morgan fingerprint density at radius 1 is 1.19 bits per heavy atom. The molecule has 0 amide bonds. The molecule has 1 aromatic carbocycles. The van der Waals surface area contributed by atoms with Crippen LogP contribution >= 0.6 is 0 Å². The second-order valence-corrected chi connectivity index (χ2v) is 8.48. The van der Waals surface area contributed by atoms with E-state index in [9.17, 15) is 14.7 Å². The van der Waals surface area contributed by atoms with Crippen LogP contribution in [0.15, 0.2) is 29.6 Å². The Balaban J connectivity index is 1.97. The zero-order valence-corrected chi connectivity index (χ0v) is 18.1. The first-order valence-corrected chi connectivity index (χ1v) is 9.84. The summed E-state index contributed by atoms with van der Waals surface area (Å²) in [5, 5.41) is 18.0. The average molecular weight is 427 g/mol. The Kier molecular flexibility index (Phi) is 4.91. The number of benzene rings is 1. The van der Waals surface area contributed by atoms with Crippen molar-refractivity contribution in [3.8, 4) is 17.2 Å². The second-order valence-electron chi connectivity index (χ2n) is 8.48. The lowest BCUT2D eigenvalue weighted by Gasteiger charge is -2.39. The molecule has 0 bridgehead atoms. The van der Waals surface area contributed by atoms with Gasteiger partial charge in [0, 0.05) is 17.7 Å². The summed E-state index contributed by atoms with van der Waals surface area (Å²) >= 11 is 0. The number of nitrogens with one attached hydrogen (secondary N) is 1. The van der Waals surface area contributed by atoms with Gasteiger partial charge in [-0.25, -0.2) is 9.48 Å². The number of nitrogens with zero attached hydrogens (tertiary/aromatic N) is 2. The molecule has 31 heavy (non-hydrogen) atoms. The average Bonchev–Trinajstić information content (AvgIpc) is 3.14. The molecule has 2 aromatic rings. The Hall–Kier alpha value is -3.49. The highest BCUT2D eigenvalue weighted by Crippen LogP contribution is 2.48. The Morgan fingerprint density at radius 2 is 1.84 bits per heavy atom. The van der Waals surface area contributed by atoms with Gasteiger partial charge in [-0.05, 0) is 29.5 Å². The highest BCUT2D eigenvalue weighted by Gasteiger charge is 2.42. The number of methoxy groups -OCH3 is 3. The van der Waals surface area contributed by atoms with Crippen molar-refractivity contribution in [2.75, 3.05) is 26.6 Å². The molecule has 2 N–H and O–H groups in total. The summed E-state index contributed by atoms with van der Waals surface area (Å²) in [4.78, 5) is 25.6. The van der Waals surface area contributed by atoms with E-state index in [1.54, 1.807) is 16.8 Å². The summed E-state index contributed by atoms with van der Waals surface area (Å²) in [6, 6.07) is 2.67.